The molecule has 1 atom stereocenters. The van der Waals surface area contributed by atoms with Crippen molar-refractivity contribution in [3.8, 4) is 0 Å². The van der Waals surface area contributed by atoms with Gasteiger partial charge in [0.05, 0.1) is 0 Å². The molecule has 0 spiro atoms. The summed E-state index contributed by atoms with van der Waals surface area (Å²) in [5.74, 6) is 0.175. The summed E-state index contributed by atoms with van der Waals surface area (Å²) in [6, 6.07) is 18.0. The number of amides is 1. The van der Waals surface area contributed by atoms with Crippen molar-refractivity contribution in [2.45, 2.75) is 19.3 Å². The summed E-state index contributed by atoms with van der Waals surface area (Å²) in [7, 11) is 0. The van der Waals surface area contributed by atoms with Crippen LogP contribution in [-0.4, -0.2) is 10.9 Å². The molecule has 0 saturated heterocycles. The third-order valence-corrected chi connectivity index (χ3v) is 4.51. The van der Waals surface area contributed by atoms with Crippen molar-refractivity contribution in [3.05, 3.63) is 65.9 Å². The number of benzene rings is 2. The van der Waals surface area contributed by atoms with Gasteiger partial charge in [-0.05, 0) is 43.0 Å². The number of hydrogen-bond acceptors (Lipinski definition) is 1. The van der Waals surface area contributed by atoms with Crippen LogP contribution in [0.5, 0.6) is 0 Å². The van der Waals surface area contributed by atoms with Gasteiger partial charge in [0.15, 0.2) is 0 Å². The van der Waals surface area contributed by atoms with E-state index in [0.29, 0.717) is 0 Å². The Morgan fingerprint density at radius 3 is 2.68 bits per heavy atom. The number of nitrogens with one attached hydrogen (secondary N) is 2. The summed E-state index contributed by atoms with van der Waals surface area (Å²) in [6.07, 6.45) is 2.66. The van der Waals surface area contributed by atoms with Crippen LogP contribution in [0.1, 0.15) is 17.7 Å². The van der Waals surface area contributed by atoms with Crippen molar-refractivity contribution in [2.24, 2.45) is 5.92 Å². The van der Waals surface area contributed by atoms with Gasteiger partial charge in [-0.2, -0.15) is 0 Å². The second kappa shape index (κ2) is 5.34. The zero-order valence-electron chi connectivity index (χ0n) is 12.3. The molecule has 0 saturated carbocycles. The van der Waals surface area contributed by atoms with E-state index in [2.05, 4.69) is 28.5 Å². The zero-order chi connectivity index (χ0) is 14.9. The second-order valence-electron chi connectivity index (χ2n) is 5.92. The molecule has 0 aliphatic heterocycles. The lowest BCUT2D eigenvalue weighted by molar-refractivity contribution is -0.120. The lowest BCUT2D eigenvalue weighted by Gasteiger charge is -2.21. The number of rotatable bonds is 2. The molecule has 1 unspecified atom stereocenters. The predicted molar refractivity (Wildman–Crippen MR) is 88.9 cm³/mol. The van der Waals surface area contributed by atoms with Gasteiger partial charge in [-0.15, -0.1) is 0 Å². The first-order valence-corrected chi connectivity index (χ1v) is 7.75. The topological polar surface area (TPSA) is 44.9 Å². The first kappa shape index (κ1) is 13.1. The first-order chi connectivity index (χ1) is 10.8. The number of aromatic amines is 1. The highest BCUT2D eigenvalue weighted by molar-refractivity contribution is 5.94. The summed E-state index contributed by atoms with van der Waals surface area (Å²) in [5.41, 5.74) is 4.66. The second-order valence-corrected chi connectivity index (χ2v) is 5.92. The molecule has 1 aliphatic rings. The van der Waals surface area contributed by atoms with E-state index in [-0.39, 0.29) is 11.8 Å². The molecular weight excluding hydrogens is 272 g/mol. The molecule has 4 rings (SSSR count). The number of aryl methyl sites for hydroxylation is 1. The Kier molecular flexibility index (Phi) is 3.19. The smallest absolute Gasteiger partial charge is 0.227 e. The van der Waals surface area contributed by atoms with Gasteiger partial charge in [0.1, 0.15) is 0 Å². The standard InChI is InChI=1S/C19H18N2O/c22-19(20-14-6-2-1-3-7-14)13-10-11-18-16(12-13)15-8-4-5-9-17(15)21-18/h1-9,13,21H,10-12H2,(H,20,22). The predicted octanol–water partition coefficient (Wildman–Crippen LogP) is 3.91. The largest absolute Gasteiger partial charge is 0.358 e. The number of fused-ring (bicyclic) bond motifs is 3. The summed E-state index contributed by atoms with van der Waals surface area (Å²) < 4.78 is 0. The van der Waals surface area contributed by atoms with Crippen LogP contribution < -0.4 is 5.32 Å². The van der Waals surface area contributed by atoms with Gasteiger partial charge in [0.25, 0.3) is 0 Å². The van der Waals surface area contributed by atoms with Crippen LogP contribution in [0.25, 0.3) is 10.9 Å². The maximum Gasteiger partial charge on any atom is 0.227 e. The molecule has 2 N–H and O–H groups in total. The molecule has 110 valence electrons. The number of anilines is 1. The Hall–Kier alpha value is -2.55. The summed E-state index contributed by atoms with van der Waals surface area (Å²) in [4.78, 5) is 16.0. The van der Waals surface area contributed by atoms with Crippen LogP contribution >= 0.6 is 0 Å². The van der Waals surface area contributed by atoms with Gasteiger partial charge in [0.2, 0.25) is 5.91 Å². The molecule has 3 aromatic rings. The molecular formula is C19H18N2O. The van der Waals surface area contributed by atoms with Gasteiger partial charge < -0.3 is 10.3 Å². The Labute approximate surface area is 129 Å². The fourth-order valence-electron chi connectivity index (χ4n) is 3.36. The molecule has 1 amide bonds. The summed E-state index contributed by atoms with van der Waals surface area (Å²) >= 11 is 0. The van der Waals surface area contributed by atoms with E-state index in [1.54, 1.807) is 0 Å². The normalized spacial score (nSPS) is 17.2. The average Bonchev–Trinajstić information content (AvgIpc) is 2.93. The minimum absolute atomic E-state index is 0.0481. The highest BCUT2D eigenvalue weighted by Crippen LogP contribution is 2.32. The molecule has 3 heteroatoms. The van der Waals surface area contributed by atoms with E-state index in [4.69, 9.17) is 0 Å². The van der Waals surface area contributed by atoms with E-state index in [9.17, 15) is 4.79 Å². The highest BCUT2D eigenvalue weighted by atomic mass is 16.1. The van der Waals surface area contributed by atoms with Gasteiger partial charge >= 0.3 is 0 Å². The van der Waals surface area contributed by atoms with Crippen molar-refractivity contribution >= 4 is 22.5 Å². The minimum Gasteiger partial charge on any atom is -0.358 e. The average molecular weight is 290 g/mol. The first-order valence-electron chi connectivity index (χ1n) is 7.75. The molecule has 2 aromatic carbocycles. The number of hydrogen-bond donors (Lipinski definition) is 2. The van der Waals surface area contributed by atoms with Crippen LogP contribution in [-0.2, 0) is 17.6 Å². The SMILES string of the molecule is O=C(Nc1ccccc1)C1CCc2[nH]c3ccccc3c2C1. The van der Waals surface area contributed by atoms with Crippen molar-refractivity contribution < 1.29 is 4.79 Å². The zero-order valence-corrected chi connectivity index (χ0v) is 12.3. The highest BCUT2D eigenvalue weighted by Gasteiger charge is 2.27. The van der Waals surface area contributed by atoms with Crippen LogP contribution in [0.4, 0.5) is 5.69 Å². The van der Waals surface area contributed by atoms with Gasteiger partial charge in [0, 0.05) is 28.2 Å². The summed E-state index contributed by atoms with van der Waals surface area (Å²) in [6.45, 7) is 0. The Morgan fingerprint density at radius 1 is 1.05 bits per heavy atom. The fraction of sp³-hybridized carbons (Fsp3) is 0.211. The van der Waals surface area contributed by atoms with Crippen molar-refractivity contribution in [3.63, 3.8) is 0 Å². The van der Waals surface area contributed by atoms with Gasteiger partial charge in [-0.3, -0.25) is 4.79 Å². The van der Waals surface area contributed by atoms with E-state index in [0.717, 1.165) is 24.9 Å². The maximum atomic E-state index is 12.5. The number of carbonyl (C=O) groups excluding carboxylic acids is 1. The van der Waals surface area contributed by atoms with Crippen LogP contribution in [0, 0.1) is 5.92 Å². The van der Waals surface area contributed by atoms with Gasteiger partial charge in [-0.25, -0.2) is 0 Å². The van der Waals surface area contributed by atoms with Crippen LogP contribution in [0.2, 0.25) is 0 Å². The maximum absolute atomic E-state index is 12.5. The number of H-pyrrole nitrogens is 1. The molecule has 1 heterocycles. The number of para-hydroxylation sites is 2. The molecule has 0 bridgehead atoms. The van der Waals surface area contributed by atoms with Crippen molar-refractivity contribution in [1.29, 1.82) is 0 Å². The molecule has 0 radical (unpaired) electrons. The van der Waals surface area contributed by atoms with E-state index < -0.39 is 0 Å². The third-order valence-electron chi connectivity index (χ3n) is 4.51. The van der Waals surface area contributed by atoms with Crippen LogP contribution in [0.15, 0.2) is 54.6 Å². The lowest BCUT2D eigenvalue weighted by atomic mass is 9.86. The van der Waals surface area contributed by atoms with Crippen molar-refractivity contribution in [1.82, 2.24) is 4.98 Å². The Bertz CT molecular complexity index is 820. The summed E-state index contributed by atoms with van der Waals surface area (Å²) in [5, 5.41) is 4.29. The Morgan fingerprint density at radius 2 is 1.82 bits per heavy atom. The van der Waals surface area contributed by atoms with Gasteiger partial charge in [-0.1, -0.05) is 36.4 Å². The molecule has 1 aromatic heterocycles. The third kappa shape index (κ3) is 2.29. The quantitative estimate of drug-likeness (QED) is 0.738. The van der Waals surface area contributed by atoms with E-state index in [1.165, 1.54) is 22.2 Å². The fourth-order valence-corrected chi connectivity index (χ4v) is 3.36. The van der Waals surface area contributed by atoms with Crippen LogP contribution in [0.3, 0.4) is 0 Å². The Balaban J connectivity index is 1.57. The van der Waals surface area contributed by atoms with Crippen molar-refractivity contribution in [2.75, 3.05) is 5.32 Å². The monoisotopic (exact) mass is 290 g/mol. The number of aromatic nitrogens is 1. The number of carbonyl (C=O) groups is 1. The minimum atomic E-state index is 0.0481. The molecule has 0 fully saturated rings. The molecule has 3 nitrogen and oxygen atoms in total. The molecule has 1 aliphatic carbocycles. The van der Waals surface area contributed by atoms with E-state index in [1.807, 2.05) is 36.4 Å². The lowest BCUT2D eigenvalue weighted by Crippen LogP contribution is -2.27. The van der Waals surface area contributed by atoms with E-state index >= 15 is 0 Å². The molecule has 22 heavy (non-hydrogen) atoms.